The summed E-state index contributed by atoms with van der Waals surface area (Å²) in [6.07, 6.45) is 1.09. The molecule has 0 amide bonds. The van der Waals surface area contributed by atoms with Gasteiger partial charge in [0.25, 0.3) is 0 Å². The Labute approximate surface area is 85.1 Å². The zero-order chi connectivity index (χ0) is 10.1. The van der Waals surface area contributed by atoms with Crippen LogP contribution in [0.3, 0.4) is 0 Å². The second-order valence-corrected chi connectivity index (χ2v) is 4.30. The Morgan fingerprint density at radius 1 is 1.36 bits per heavy atom. The quantitative estimate of drug-likeness (QED) is 0.736. The average molecular weight is 191 g/mol. The van der Waals surface area contributed by atoms with E-state index in [0.29, 0.717) is 5.92 Å². The van der Waals surface area contributed by atoms with Gasteiger partial charge in [-0.15, -0.1) is 0 Å². The second-order valence-electron chi connectivity index (χ2n) is 4.30. The molecule has 0 fully saturated rings. The van der Waals surface area contributed by atoms with Gasteiger partial charge in [0.1, 0.15) is 11.9 Å². The summed E-state index contributed by atoms with van der Waals surface area (Å²) in [4.78, 5) is 0. The van der Waals surface area contributed by atoms with Crippen LogP contribution < -0.4 is 10.5 Å². The lowest BCUT2D eigenvalue weighted by molar-refractivity contribution is 0.107. The lowest BCUT2D eigenvalue weighted by Gasteiger charge is -2.33. The van der Waals surface area contributed by atoms with Gasteiger partial charge in [0, 0.05) is 6.04 Å². The van der Waals surface area contributed by atoms with Crippen LogP contribution >= 0.6 is 0 Å². The third-order valence-electron chi connectivity index (χ3n) is 2.77. The number of rotatable bonds is 1. The van der Waals surface area contributed by atoms with Crippen molar-refractivity contribution in [2.45, 2.75) is 32.4 Å². The van der Waals surface area contributed by atoms with Gasteiger partial charge >= 0.3 is 0 Å². The molecule has 0 aromatic heterocycles. The van der Waals surface area contributed by atoms with Crippen molar-refractivity contribution in [2.24, 2.45) is 11.7 Å². The van der Waals surface area contributed by atoms with Gasteiger partial charge in [-0.3, -0.25) is 0 Å². The molecule has 1 aromatic carbocycles. The first-order valence-electron chi connectivity index (χ1n) is 5.18. The van der Waals surface area contributed by atoms with E-state index >= 15 is 0 Å². The van der Waals surface area contributed by atoms with E-state index in [1.807, 2.05) is 18.2 Å². The Morgan fingerprint density at radius 3 is 2.79 bits per heavy atom. The number of ether oxygens (including phenoxy) is 1. The predicted molar refractivity (Wildman–Crippen MR) is 57.4 cm³/mol. The van der Waals surface area contributed by atoms with E-state index in [0.717, 1.165) is 12.2 Å². The minimum Gasteiger partial charge on any atom is -0.488 e. The molecule has 14 heavy (non-hydrogen) atoms. The first-order valence-corrected chi connectivity index (χ1v) is 5.18. The van der Waals surface area contributed by atoms with Gasteiger partial charge in [-0.1, -0.05) is 32.0 Å². The van der Waals surface area contributed by atoms with E-state index in [1.54, 1.807) is 0 Å². The van der Waals surface area contributed by atoms with Crippen LogP contribution in [0.15, 0.2) is 24.3 Å². The molecule has 0 saturated carbocycles. The molecule has 1 aliphatic rings. The molecule has 1 heterocycles. The van der Waals surface area contributed by atoms with E-state index in [1.165, 1.54) is 5.56 Å². The van der Waals surface area contributed by atoms with Gasteiger partial charge in [0.05, 0.1) is 0 Å². The van der Waals surface area contributed by atoms with E-state index in [-0.39, 0.29) is 12.1 Å². The lowest BCUT2D eigenvalue weighted by Crippen LogP contribution is -2.46. The first kappa shape index (κ1) is 9.53. The predicted octanol–water partition coefficient (Wildman–Crippen LogP) is 1.97. The Bertz CT molecular complexity index is 322. The highest BCUT2D eigenvalue weighted by molar-refractivity contribution is 5.36. The van der Waals surface area contributed by atoms with Crippen LogP contribution in [0.25, 0.3) is 0 Å². The Morgan fingerprint density at radius 2 is 2.07 bits per heavy atom. The van der Waals surface area contributed by atoms with Crippen molar-refractivity contribution in [3.8, 4) is 5.75 Å². The van der Waals surface area contributed by atoms with Gasteiger partial charge in [-0.05, 0) is 24.0 Å². The summed E-state index contributed by atoms with van der Waals surface area (Å²) in [5.41, 5.74) is 7.30. The fourth-order valence-electron chi connectivity index (χ4n) is 2.02. The molecule has 2 rings (SSSR count). The molecular formula is C12H17NO. The van der Waals surface area contributed by atoms with Crippen LogP contribution in [-0.4, -0.2) is 12.1 Å². The van der Waals surface area contributed by atoms with E-state index in [4.69, 9.17) is 10.5 Å². The molecule has 2 heteroatoms. The number of nitrogens with two attached hydrogens (primary N) is 1. The first-order chi connectivity index (χ1) is 6.68. The summed E-state index contributed by atoms with van der Waals surface area (Å²) in [7, 11) is 0. The maximum Gasteiger partial charge on any atom is 0.123 e. The maximum absolute atomic E-state index is 6.07. The van der Waals surface area contributed by atoms with Crippen molar-refractivity contribution in [1.29, 1.82) is 0 Å². The van der Waals surface area contributed by atoms with Crippen molar-refractivity contribution < 1.29 is 4.74 Å². The van der Waals surface area contributed by atoms with Crippen LogP contribution in [0, 0.1) is 5.92 Å². The molecule has 0 spiro atoms. The normalized spacial score (nSPS) is 25.7. The van der Waals surface area contributed by atoms with E-state index < -0.39 is 0 Å². The highest BCUT2D eigenvalue weighted by Gasteiger charge is 2.28. The second kappa shape index (κ2) is 3.62. The fourth-order valence-corrected chi connectivity index (χ4v) is 2.02. The van der Waals surface area contributed by atoms with Crippen LogP contribution in [0.4, 0.5) is 0 Å². The van der Waals surface area contributed by atoms with Crippen LogP contribution in [-0.2, 0) is 6.42 Å². The largest absolute Gasteiger partial charge is 0.488 e. The molecule has 76 valence electrons. The lowest BCUT2D eigenvalue weighted by atomic mass is 9.91. The van der Waals surface area contributed by atoms with Crippen LogP contribution in [0.5, 0.6) is 5.75 Å². The molecule has 1 aliphatic heterocycles. The minimum absolute atomic E-state index is 0.130. The Hall–Kier alpha value is -1.02. The third kappa shape index (κ3) is 1.62. The minimum atomic E-state index is 0.130. The SMILES string of the molecule is CC(C)C1Oc2ccccc2CC1N. The zero-order valence-electron chi connectivity index (χ0n) is 8.73. The topological polar surface area (TPSA) is 35.2 Å². The monoisotopic (exact) mass is 191 g/mol. The molecule has 2 atom stereocenters. The number of hydrogen-bond acceptors (Lipinski definition) is 2. The summed E-state index contributed by atoms with van der Waals surface area (Å²) in [5.74, 6) is 1.48. The van der Waals surface area contributed by atoms with Crippen LogP contribution in [0.1, 0.15) is 19.4 Å². The van der Waals surface area contributed by atoms with E-state index in [9.17, 15) is 0 Å². The summed E-state index contributed by atoms with van der Waals surface area (Å²) in [6.45, 7) is 4.30. The van der Waals surface area contributed by atoms with Gasteiger partial charge in [0.15, 0.2) is 0 Å². The Balaban J connectivity index is 2.27. The molecule has 0 radical (unpaired) electrons. The molecule has 0 bridgehead atoms. The van der Waals surface area contributed by atoms with E-state index in [2.05, 4.69) is 19.9 Å². The van der Waals surface area contributed by atoms with Crippen molar-refractivity contribution >= 4 is 0 Å². The number of fused-ring (bicyclic) bond motifs is 1. The molecule has 2 unspecified atom stereocenters. The van der Waals surface area contributed by atoms with Gasteiger partial charge in [0.2, 0.25) is 0 Å². The Kier molecular flexibility index (Phi) is 2.46. The molecule has 2 N–H and O–H groups in total. The summed E-state index contributed by atoms with van der Waals surface area (Å²) < 4.78 is 5.88. The third-order valence-corrected chi connectivity index (χ3v) is 2.77. The molecule has 2 nitrogen and oxygen atoms in total. The van der Waals surface area contributed by atoms with Crippen molar-refractivity contribution in [3.05, 3.63) is 29.8 Å². The maximum atomic E-state index is 6.07. The van der Waals surface area contributed by atoms with Crippen molar-refractivity contribution in [1.82, 2.24) is 0 Å². The standard InChI is InChI=1S/C12H17NO/c1-8(2)12-10(13)7-9-5-3-4-6-11(9)14-12/h3-6,8,10,12H,7,13H2,1-2H3. The number of benzene rings is 1. The van der Waals surface area contributed by atoms with Crippen LogP contribution in [0.2, 0.25) is 0 Å². The summed E-state index contributed by atoms with van der Waals surface area (Å²) in [6, 6.07) is 8.28. The smallest absolute Gasteiger partial charge is 0.123 e. The fraction of sp³-hybridized carbons (Fsp3) is 0.500. The van der Waals surface area contributed by atoms with Gasteiger partial charge in [-0.2, -0.15) is 0 Å². The molecular weight excluding hydrogens is 174 g/mol. The highest BCUT2D eigenvalue weighted by Crippen LogP contribution is 2.29. The molecule has 0 saturated heterocycles. The molecule has 0 aliphatic carbocycles. The number of para-hydroxylation sites is 1. The summed E-state index contributed by atoms with van der Waals surface area (Å²) >= 11 is 0. The van der Waals surface area contributed by atoms with Gasteiger partial charge < -0.3 is 10.5 Å². The highest BCUT2D eigenvalue weighted by atomic mass is 16.5. The molecule has 1 aromatic rings. The van der Waals surface area contributed by atoms with Crippen molar-refractivity contribution in [2.75, 3.05) is 0 Å². The number of hydrogen-bond donors (Lipinski definition) is 1. The van der Waals surface area contributed by atoms with Gasteiger partial charge in [-0.25, -0.2) is 0 Å². The summed E-state index contributed by atoms with van der Waals surface area (Å²) in [5, 5.41) is 0. The zero-order valence-corrected chi connectivity index (χ0v) is 8.73. The average Bonchev–Trinajstić information content (AvgIpc) is 2.16. The van der Waals surface area contributed by atoms with Crippen molar-refractivity contribution in [3.63, 3.8) is 0 Å².